The molecule has 21 heavy (non-hydrogen) atoms. The number of hydrogen-bond donors (Lipinski definition) is 2. The summed E-state index contributed by atoms with van der Waals surface area (Å²) in [6, 6.07) is 7.63. The van der Waals surface area contributed by atoms with Crippen LogP contribution in [0.25, 0.3) is 0 Å². The summed E-state index contributed by atoms with van der Waals surface area (Å²) in [4.78, 5) is 2.51. The summed E-state index contributed by atoms with van der Waals surface area (Å²) in [6.07, 6.45) is 4.86. The summed E-state index contributed by atoms with van der Waals surface area (Å²) >= 11 is 0. The van der Waals surface area contributed by atoms with Crippen molar-refractivity contribution < 1.29 is 8.42 Å². The van der Waals surface area contributed by atoms with Gasteiger partial charge in [-0.2, -0.15) is 13.1 Å². The fraction of sp³-hybridized carbons (Fsp3) is 0.600. The van der Waals surface area contributed by atoms with E-state index in [1.165, 1.54) is 31.5 Å². The zero-order valence-electron chi connectivity index (χ0n) is 12.6. The standard InChI is InChI=1S/C15H25N3O2S/c1-2-16-21(19,20)17-15-9-7-14(8-10-15)6-5-13-18-11-3-4-12-18/h7-10,16-17H,2-6,11-13H2,1H3. The van der Waals surface area contributed by atoms with Crippen molar-refractivity contribution in [1.82, 2.24) is 9.62 Å². The fourth-order valence-corrected chi connectivity index (χ4v) is 3.53. The average molecular weight is 311 g/mol. The monoisotopic (exact) mass is 311 g/mol. The minimum Gasteiger partial charge on any atom is -0.303 e. The van der Waals surface area contributed by atoms with Gasteiger partial charge in [0.05, 0.1) is 0 Å². The number of aryl methyl sites for hydroxylation is 1. The predicted molar refractivity (Wildman–Crippen MR) is 86.7 cm³/mol. The first-order valence-electron chi connectivity index (χ1n) is 7.68. The molecule has 1 aromatic rings. The molecule has 6 heteroatoms. The molecule has 0 saturated carbocycles. The molecule has 2 N–H and O–H groups in total. The Kier molecular flexibility index (Phi) is 6.02. The van der Waals surface area contributed by atoms with Gasteiger partial charge in [-0.15, -0.1) is 0 Å². The summed E-state index contributed by atoms with van der Waals surface area (Å²) in [5.74, 6) is 0. The van der Waals surface area contributed by atoms with Gasteiger partial charge in [0, 0.05) is 12.2 Å². The molecular formula is C15H25N3O2S. The molecule has 1 aromatic carbocycles. The molecule has 0 spiro atoms. The van der Waals surface area contributed by atoms with E-state index in [4.69, 9.17) is 0 Å². The highest BCUT2D eigenvalue weighted by molar-refractivity contribution is 7.90. The van der Waals surface area contributed by atoms with Crippen LogP contribution < -0.4 is 9.44 Å². The quantitative estimate of drug-likeness (QED) is 0.772. The van der Waals surface area contributed by atoms with Crippen LogP contribution in [0, 0.1) is 0 Å². The van der Waals surface area contributed by atoms with Crippen molar-refractivity contribution in [3.8, 4) is 0 Å². The molecule has 0 aliphatic carbocycles. The third-order valence-corrected chi connectivity index (χ3v) is 4.85. The third kappa shape index (κ3) is 5.65. The van der Waals surface area contributed by atoms with Gasteiger partial charge in [-0.1, -0.05) is 19.1 Å². The van der Waals surface area contributed by atoms with Crippen LogP contribution in [-0.4, -0.2) is 39.5 Å². The Morgan fingerprint density at radius 1 is 1.14 bits per heavy atom. The van der Waals surface area contributed by atoms with E-state index in [2.05, 4.69) is 14.3 Å². The van der Waals surface area contributed by atoms with Gasteiger partial charge in [0.1, 0.15) is 0 Å². The molecule has 2 rings (SSSR count). The average Bonchev–Trinajstić information content (AvgIpc) is 2.93. The third-order valence-electron chi connectivity index (χ3n) is 3.68. The fourth-order valence-electron chi connectivity index (χ4n) is 2.63. The van der Waals surface area contributed by atoms with Gasteiger partial charge in [-0.3, -0.25) is 4.72 Å². The molecule has 5 nitrogen and oxygen atoms in total. The Hall–Kier alpha value is -1.11. The lowest BCUT2D eigenvalue weighted by atomic mass is 10.1. The minimum atomic E-state index is -3.43. The molecule has 0 amide bonds. The van der Waals surface area contributed by atoms with Crippen molar-refractivity contribution >= 4 is 15.9 Å². The normalized spacial score (nSPS) is 16.2. The number of rotatable bonds is 8. The topological polar surface area (TPSA) is 61.4 Å². The number of anilines is 1. The zero-order chi connectivity index (χ0) is 15.1. The first-order chi connectivity index (χ1) is 10.1. The van der Waals surface area contributed by atoms with Gasteiger partial charge in [0.15, 0.2) is 0 Å². The molecular weight excluding hydrogens is 286 g/mol. The Morgan fingerprint density at radius 3 is 2.43 bits per heavy atom. The zero-order valence-corrected chi connectivity index (χ0v) is 13.5. The molecule has 1 fully saturated rings. The molecule has 0 atom stereocenters. The van der Waals surface area contributed by atoms with Crippen molar-refractivity contribution in [2.45, 2.75) is 32.6 Å². The summed E-state index contributed by atoms with van der Waals surface area (Å²) in [6.45, 7) is 5.78. The first kappa shape index (κ1) is 16.3. The highest BCUT2D eigenvalue weighted by Crippen LogP contribution is 2.13. The molecule has 0 unspecified atom stereocenters. The molecule has 0 aromatic heterocycles. The van der Waals surface area contributed by atoms with E-state index in [9.17, 15) is 8.42 Å². The van der Waals surface area contributed by atoms with Crippen LogP contribution in [0.1, 0.15) is 31.7 Å². The largest absolute Gasteiger partial charge is 0.303 e. The van der Waals surface area contributed by atoms with Crippen molar-refractivity contribution in [2.24, 2.45) is 0 Å². The second kappa shape index (κ2) is 7.77. The molecule has 1 heterocycles. The number of nitrogens with zero attached hydrogens (tertiary/aromatic N) is 1. The minimum absolute atomic E-state index is 0.379. The SMILES string of the molecule is CCNS(=O)(=O)Nc1ccc(CCCN2CCCC2)cc1. The van der Waals surface area contributed by atoms with Crippen LogP contribution in [0.5, 0.6) is 0 Å². The van der Waals surface area contributed by atoms with Gasteiger partial charge in [-0.25, -0.2) is 0 Å². The predicted octanol–water partition coefficient (Wildman–Crippen LogP) is 1.98. The van der Waals surface area contributed by atoms with E-state index in [1.807, 2.05) is 24.3 Å². The van der Waals surface area contributed by atoms with Crippen molar-refractivity contribution in [3.63, 3.8) is 0 Å². The Labute approximate surface area is 127 Å². The Balaban J connectivity index is 1.78. The lowest BCUT2D eigenvalue weighted by Crippen LogP contribution is -2.29. The second-order valence-corrected chi connectivity index (χ2v) is 6.95. The van der Waals surface area contributed by atoms with Crippen LogP contribution >= 0.6 is 0 Å². The number of likely N-dealkylation sites (tertiary alicyclic amines) is 1. The van der Waals surface area contributed by atoms with Crippen LogP contribution in [0.3, 0.4) is 0 Å². The Bertz CT molecular complexity index is 522. The Morgan fingerprint density at radius 2 is 1.81 bits per heavy atom. The summed E-state index contributed by atoms with van der Waals surface area (Å²) in [5.41, 5.74) is 1.85. The van der Waals surface area contributed by atoms with E-state index >= 15 is 0 Å². The summed E-state index contributed by atoms with van der Waals surface area (Å²) in [5, 5.41) is 0. The number of nitrogens with one attached hydrogen (secondary N) is 2. The van der Waals surface area contributed by atoms with E-state index in [0.717, 1.165) is 19.4 Å². The van der Waals surface area contributed by atoms with E-state index in [-0.39, 0.29) is 0 Å². The van der Waals surface area contributed by atoms with Gasteiger partial charge in [0.25, 0.3) is 10.2 Å². The highest BCUT2D eigenvalue weighted by Gasteiger charge is 2.10. The molecule has 1 aliphatic rings. The van der Waals surface area contributed by atoms with E-state index in [1.54, 1.807) is 6.92 Å². The van der Waals surface area contributed by atoms with Crippen LogP contribution in [-0.2, 0) is 16.6 Å². The van der Waals surface area contributed by atoms with Gasteiger partial charge >= 0.3 is 0 Å². The summed E-state index contributed by atoms with van der Waals surface area (Å²) in [7, 11) is -3.43. The maximum atomic E-state index is 11.6. The lowest BCUT2D eigenvalue weighted by Gasteiger charge is -2.14. The van der Waals surface area contributed by atoms with Crippen LogP contribution in [0.2, 0.25) is 0 Å². The van der Waals surface area contributed by atoms with Crippen molar-refractivity contribution in [2.75, 3.05) is 30.9 Å². The maximum Gasteiger partial charge on any atom is 0.299 e. The molecule has 1 aliphatic heterocycles. The van der Waals surface area contributed by atoms with Gasteiger partial charge < -0.3 is 4.90 Å². The number of benzene rings is 1. The maximum absolute atomic E-state index is 11.6. The van der Waals surface area contributed by atoms with Crippen molar-refractivity contribution in [1.29, 1.82) is 0 Å². The van der Waals surface area contributed by atoms with Gasteiger partial charge in [-0.05, 0) is 63.0 Å². The first-order valence-corrected chi connectivity index (χ1v) is 9.16. The molecule has 118 valence electrons. The van der Waals surface area contributed by atoms with E-state index < -0.39 is 10.2 Å². The summed E-state index contributed by atoms with van der Waals surface area (Å²) < 4.78 is 28.1. The van der Waals surface area contributed by atoms with E-state index in [0.29, 0.717) is 12.2 Å². The van der Waals surface area contributed by atoms with Crippen molar-refractivity contribution in [3.05, 3.63) is 29.8 Å². The smallest absolute Gasteiger partial charge is 0.299 e. The molecule has 0 bridgehead atoms. The van der Waals surface area contributed by atoms with Crippen LogP contribution in [0.15, 0.2) is 24.3 Å². The number of hydrogen-bond acceptors (Lipinski definition) is 3. The lowest BCUT2D eigenvalue weighted by molar-refractivity contribution is 0.334. The van der Waals surface area contributed by atoms with Crippen LogP contribution in [0.4, 0.5) is 5.69 Å². The van der Waals surface area contributed by atoms with Gasteiger partial charge in [0.2, 0.25) is 0 Å². The molecule has 0 radical (unpaired) electrons. The molecule has 1 saturated heterocycles. The highest BCUT2D eigenvalue weighted by atomic mass is 32.2. The second-order valence-electron chi connectivity index (χ2n) is 5.45.